The number of hydrogen-bond acceptors (Lipinski definition) is 6. The topological polar surface area (TPSA) is 118 Å². The van der Waals surface area contributed by atoms with Crippen LogP contribution < -0.4 is 11.1 Å². The fraction of sp³-hybridized carbons (Fsp3) is 0.105. The third-order valence-electron chi connectivity index (χ3n) is 4.14. The molecule has 0 radical (unpaired) electrons. The van der Waals surface area contributed by atoms with Gasteiger partial charge in [-0.2, -0.15) is 8.78 Å². The number of nitrogens with two attached hydrogens (primary N) is 1. The number of nitrogens with zero attached hydrogens (tertiary/aromatic N) is 3. The van der Waals surface area contributed by atoms with E-state index in [1.54, 1.807) is 19.1 Å². The smallest absolute Gasteiger partial charge is 0.284 e. The van der Waals surface area contributed by atoms with Gasteiger partial charge in [-0.05, 0) is 31.2 Å². The van der Waals surface area contributed by atoms with Crippen LogP contribution in [0.3, 0.4) is 0 Å². The molecule has 3 rings (SSSR count). The van der Waals surface area contributed by atoms with Crippen molar-refractivity contribution in [3.05, 3.63) is 76.9 Å². The second kappa shape index (κ2) is 7.97. The lowest BCUT2D eigenvalue weighted by molar-refractivity contribution is 0.101. The van der Waals surface area contributed by atoms with Crippen LogP contribution in [0.4, 0.5) is 20.4 Å². The minimum Gasteiger partial charge on any atom is -0.383 e. The molecule has 0 aliphatic carbocycles. The number of aromatic nitrogens is 3. The van der Waals surface area contributed by atoms with Crippen molar-refractivity contribution in [2.45, 2.75) is 12.6 Å². The summed E-state index contributed by atoms with van der Waals surface area (Å²) in [5.74, 6) is -0.309. The van der Waals surface area contributed by atoms with Gasteiger partial charge in [0, 0.05) is 22.9 Å². The number of carbonyl (C=O) groups is 1. The normalized spacial score (nSPS) is 11.2. The molecule has 0 fully saturated rings. The lowest BCUT2D eigenvalue weighted by atomic mass is 10.0. The van der Waals surface area contributed by atoms with Crippen molar-refractivity contribution in [1.29, 1.82) is 5.41 Å². The number of hydrogen-bond donors (Lipinski definition) is 3. The molecule has 1 unspecified atom stereocenters. The van der Waals surface area contributed by atoms with Crippen molar-refractivity contribution < 1.29 is 13.6 Å². The lowest BCUT2D eigenvalue weighted by Crippen LogP contribution is -2.15. The first kappa shape index (κ1) is 20.4. The zero-order valence-electron chi connectivity index (χ0n) is 15.3. The second-order valence-corrected chi connectivity index (χ2v) is 6.90. The summed E-state index contributed by atoms with van der Waals surface area (Å²) in [7, 11) is 1.44. The fourth-order valence-corrected chi connectivity index (χ4v) is 2.81. The van der Waals surface area contributed by atoms with E-state index in [1.807, 2.05) is 0 Å². The maximum Gasteiger partial charge on any atom is 0.284 e. The van der Waals surface area contributed by atoms with Crippen LogP contribution >= 0.6 is 9.24 Å². The SMILES string of the molecule is Cc1ncnc(N)c1C(=N)c1ccc(C(=O)Nc2cc(C(F)(F)P)ccn2)cc1. The Balaban J connectivity index is 1.78. The Kier molecular flexibility index (Phi) is 5.61. The molecular weight excluding hydrogens is 397 g/mol. The Bertz CT molecular complexity index is 1060. The molecule has 4 N–H and O–H groups in total. The summed E-state index contributed by atoms with van der Waals surface area (Å²) >= 11 is 0. The molecule has 3 aromatic rings. The van der Waals surface area contributed by atoms with Gasteiger partial charge in [0.25, 0.3) is 11.6 Å². The van der Waals surface area contributed by atoms with Crippen molar-refractivity contribution >= 4 is 32.5 Å². The molecule has 0 aliphatic rings. The quantitative estimate of drug-likeness (QED) is 0.437. The number of halogens is 2. The highest BCUT2D eigenvalue weighted by Crippen LogP contribution is 2.35. The number of aryl methyl sites for hydroxylation is 1. The summed E-state index contributed by atoms with van der Waals surface area (Å²) in [6.07, 6.45) is 2.52. The molecule has 2 aromatic heterocycles. The highest BCUT2D eigenvalue weighted by molar-refractivity contribution is 7.17. The summed E-state index contributed by atoms with van der Waals surface area (Å²) in [4.78, 5) is 24.2. The number of anilines is 2. The van der Waals surface area contributed by atoms with Gasteiger partial charge in [-0.25, -0.2) is 15.0 Å². The number of benzene rings is 1. The summed E-state index contributed by atoms with van der Waals surface area (Å²) < 4.78 is 26.8. The van der Waals surface area contributed by atoms with Gasteiger partial charge in [0.15, 0.2) is 0 Å². The van der Waals surface area contributed by atoms with Crippen molar-refractivity contribution in [2.75, 3.05) is 11.1 Å². The Morgan fingerprint density at radius 1 is 1.14 bits per heavy atom. The van der Waals surface area contributed by atoms with Crippen LogP contribution in [0.2, 0.25) is 0 Å². The molecule has 1 atom stereocenters. The largest absolute Gasteiger partial charge is 0.383 e. The van der Waals surface area contributed by atoms with Gasteiger partial charge in [-0.1, -0.05) is 21.4 Å². The zero-order chi connectivity index (χ0) is 21.2. The van der Waals surface area contributed by atoms with E-state index in [0.29, 0.717) is 16.8 Å². The number of pyridine rings is 1. The molecule has 0 saturated carbocycles. The van der Waals surface area contributed by atoms with Crippen molar-refractivity contribution in [3.8, 4) is 0 Å². The van der Waals surface area contributed by atoms with E-state index in [-0.39, 0.29) is 28.5 Å². The molecule has 7 nitrogen and oxygen atoms in total. The molecule has 0 saturated heterocycles. The standard InChI is InChI=1S/C19H17F2N6OP/c1-10-15(17(23)26-9-25-10)16(22)11-2-4-12(5-3-11)18(28)27-14-8-13(6-7-24-14)19(20,21)29/h2-9,22H,29H2,1H3,(H2,23,25,26)(H,24,27,28). The Labute approximate surface area is 167 Å². The maximum absolute atomic E-state index is 13.4. The van der Waals surface area contributed by atoms with Gasteiger partial charge >= 0.3 is 0 Å². The minimum absolute atomic E-state index is 0.0104. The zero-order valence-corrected chi connectivity index (χ0v) is 16.4. The Hall–Kier alpha value is -3.32. The number of nitrogen functional groups attached to an aromatic ring is 1. The van der Waals surface area contributed by atoms with Gasteiger partial charge in [0.05, 0.1) is 17.0 Å². The molecule has 1 amide bonds. The lowest BCUT2D eigenvalue weighted by Gasteiger charge is -2.12. The number of rotatable bonds is 5. The summed E-state index contributed by atoms with van der Waals surface area (Å²) in [6, 6.07) is 8.49. The van der Waals surface area contributed by atoms with E-state index in [9.17, 15) is 13.6 Å². The molecule has 0 spiro atoms. The second-order valence-electron chi connectivity index (χ2n) is 6.18. The molecule has 148 valence electrons. The summed E-state index contributed by atoms with van der Waals surface area (Å²) in [6.45, 7) is 1.73. The fourth-order valence-electron chi connectivity index (χ4n) is 2.63. The Morgan fingerprint density at radius 2 is 1.79 bits per heavy atom. The van der Waals surface area contributed by atoms with Crippen LogP contribution in [0.1, 0.15) is 32.7 Å². The molecule has 29 heavy (non-hydrogen) atoms. The summed E-state index contributed by atoms with van der Waals surface area (Å²) in [5.41, 5.74) is 4.37. The van der Waals surface area contributed by atoms with E-state index in [0.717, 1.165) is 6.07 Å². The first-order chi connectivity index (χ1) is 13.7. The van der Waals surface area contributed by atoms with Crippen molar-refractivity contribution in [3.63, 3.8) is 0 Å². The van der Waals surface area contributed by atoms with Gasteiger partial charge in [0.1, 0.15) is 18.0 Å². The maximum atomic E-state index is 13.4. The molecule has 0 bridgehead atoms. The highest BCUT2D eigenvalue weighted by Gasteiger charge is 2.25. The van der Waals surface area contributed by atoms with Crippen LogP contribution in [-0.4, -0.2) is 26.6 Å². The van der Waals surface area contributed by atoms with Crippen LogP contribution in [0, 0.1) is 12.3 Å². The van der Waals surface area contributed by atoms with E-state index >= 15 is 0 Å². The molecule has 10 heteroatoms. The third-order valence-corrected chi connectivity index (χ3v) is 4.47. The molecule has 1 aromatic carbocycles. The third kappa shape index (κ3) is 4.57. The van der Waals surface area contributed by atoms with E-state index in [2.05, 4.69) is 20.3 Å². The van der Waals surface area contributed by atoms with Crippen LogP contribution in [-0.2, 0) is 5.66 Å². The number of carbonyl (C=O) groups excluding carboxylic acids is 1. The van der Waals surface area contributed by atoms with Crippen LogP contribution in [0.15, 0.2) is 48.9 Å². The number of amides is 1. The number of nitrogens with one attached hydrogen (secondary N) is 2. The molecule has 2 heterocycles. The average Bonchev–Trinajstić information content (AvgIpc) is 2.67. The highest BCUT2D eigenvalue weighted by atomic mass is 31.0. The first-order valence-corrected chi connectivity index (χ1v) is 8.95. The van der Waals surface area contributed by atoms with Gasteiger partial charge in [0.2, 0.25) is 0 Å². The van der Waals surface area contributed by atoms with Gasteiger partial charge < -0.3 is 11.1 Å². The van der Waals surface area contributed by atoms with Gasteiger partial charge in [-0.3, -0.25) is 10.2 Å². The van der Waals surface area contributed by atoms with Crippen molar-refractivity contribution in [2.24, 2.45) is 0 Å². The minimum atomic E-state index is -3.12. The van der Waals surface area contributed by atoms with E-state index < -0.39 is 11.6 Å². The Morgan fingerprint density at radius 3 is 2.41 bits per heavy atom. The molecular formula is C19H17F2N6OP. The van der Waals surface area contributed by atoms with Gasteiger partial charge in [-0.15, -0.1) is 0 Å². The predicted molar refractivity (Wildman–Crippen MR) is 109 cm³/mol. The number of alkyl halides is 2. The molecule has 0 aliphatic heterocycles. The van der Waals surface area contributed by atoms with Crippen molar-refractivity contribution in [1.82, 2.24) is 15.0 Å². The predicted octanol–water partition coefficient (Wildman–Crippen LogP) is 3.36. The monoisotopic (exact) mass is 414 g/mol. The average molecular weight is 414 g/mol. The first-order valence-electron chi connectivity index (χ1n) is 8.38. The van der Waals surface area contributed by atoms with E-state index in [1.165, 1.54) is 40.0 Å². The summed E-state index contributed by atoms with van der Waals surface area (Å²) in [5, 5.41) is 10.8. The van der Waals surface area contributed by atoms with Crippen LogP contribution in [0.5, 0.6) is 0 Å². The van der Waals surface area contributed by atoms with E-state index in [4.69, 9.17) is 11.1 Å². The van der Waals surface area contributed by atoms with Crippen LogP contribution in [0.25, 0.3) is 0 Å².